The van der Waals surface area contributed by atoms with E-state index < -0.39 is 17.7 Å². The molecule has 1 saturated heterocycles. The van der Waals surface area contributed by atoms with E-state index in [9.17, 15) is 14.4 Å². The smallest absolute Gasteiger partial charge is 0.313 e. The Bertz CT molecular complexity index is 573. The fourth-order valence-electron chi connectivity index (χ4n) is 2.84. The second kappa shape index (κ2) is 6.60. The zero-order valence-corrected chi connectivity index (χ0v) is 12.8. The summed E-state index contributed by atoms with van der Waals surface area (Å²) in [4.78, 5) is 37.1. The van der Waals surface area contributed by atoms with Gasteiger partial charge in [0.2, 0.25) is 5.91 Å². The van der Waals surface area contributed by atoms with Crippen molar-refractivity contribution in [2.75, 3.05) is 5.32 Å². The highest BCUT2D eigenvalue weighted by Crippen LogP contribution is 2.22. The van der Waals surface area contributed by atoms with Crippen LogP contribution in [0.4, 0.5) is 5.69 Å². The van der Waals surface area contributed by atoms with Crippen molar-refractivity contribution in [1.82, 2.24) is 4.90 Å². The van der Waals surface area contributed by atoms with Gasteiger partial charge in [-0.2, -0.15) is 0 Å². The van der Waals surface area contributed by atoms with Gasteiger partial charge in [0.05, 0.1) is 0 Å². The first-order chi connectivity index (χ1) is 10.4. The average molecular weight is 303 g/mol. The summed E-state index contributed by atoms with van der Waals surface area (Å²) in [6, 6.07) is 6.25. The van der Waals surface area contributed by atoms with Crippen LogP contribution in [0.1, 0.15) is 43.5 Å². The number of carbonyl (C=O) groups is 3. The van der Waals surface area contributed by atoms with Crippen LogP contribution in [0, 0.1) is 0 Å². The standard InChI is InChI=1S/C16H21N3O3/c1-10-4-3-5-11(2)19(10)16(22)15(21)18-13-8-6-12(7-9-13)14(17)20/h6-11H,3-5H2,1-2H3,(H2,17,20)(H,18,21). The third-order valence-electron chi connectivity index (χ3n) is 4.05. The summed E-state index contributed by atoms with van der Waals surface area (Å²) in [5, 5.41) is 2.56. The fourth-order valence-corrected chi connectivity index (χ4v) is 2.84. The molecule has 6 nitrogen and oxygen atoms in total. The van der Waals surface area contributed by atoms with Crippen molar-refractivity contribution >= 4 is 23.4 Å². The molecule has 22 heavy (non-hydrogen) atoms. The number of benzene rings is 1. The summed E-state index contributed by atoms with van der Waals surface area (Å²) in [6.07, 6.45) is 2.90. The van der Waals surface area contributed by atoms with Crippen LogP contribution in [0.2, 0.25) is 0 Å². The number of nitrogens with one attached hydrogen (secondary N) is 1. The van der Waals surface area contributed by atoms with Crippen LogP contribution >= 0.6 is 0 Å². The minimum atomic E-state index is -0.660. The van der Waals surface area contributed by atoms with E-state index in [0.717, 1.165) is 19.3 Å². The predicted octanol–water partition coefficient (Wildman–Crippen LogP) is 1.51. The van der Waals surface area contributed by atoms with Gasteiger partial charge in [0.25, 0.3) is 0 Å². The highest BCUT2D eigenvalue weighted by Gasteiger charge is 2.32. The van der Waals surface area contributed by atoms with Gasteiger partial charge in [-0.05, 0) is 57.4 Å². The topological polar surface area (TPSA) is 92.5 Å². The van der Waals surface area contributed by atoms with Crippen LogP contribution in [0.3, 0.4) is 0 Å². The zero-order chi connectivity index (χ0) is 16.3. The summed E-state index contributed by atoms with van der Waals surface area (Å²) < 4.78 is 0. The van der Waals surface area contributed by atoms with Gasteiger partial charge >= 0.3 is 11.8 Å². The first-order valence-electron chi connectivity index (χ1n) is 7.43. The van der Waals surface area contributed by atoms with Crippen LogP contribution in [0.5, 0.6) is 0 Å². The fraction of sp³-hybridized carbons (Fsp3) is 0.438. The van der Waals surface area contributed by atoms with Gasteiger partial charge in [0.1, 0.15) is 0 Å². The Morgan fingerprint density at radius 2 is 1.64 bits per heavy atom. The number of hydrogen-bond acceptors (Lipinski definition) is 3. The molecular formula is C16H21N3O3. The first-order valence-corrected chi connectivity index (χ1v) is 7.43. The Morgan fingerprint density at radius 1 is 1.09 bits per heavy atom. The van der Waals surface area contributed by atoms with E-state index in [-0.39, 0.29) is 12.1 Å². The van der Waals surface area contributed by atoms with Crippen LogP contribution in [-0.2, 0) is 9.59 Å². The van der Waals surface area contributed by atoms with E-state index in [1.165, 1.54) is 12.1 Å². The molecule has 0 saturated carbocycles. The van der Waals surface area contributed by atoms with Gasteiger partial charge in [-0.15, -0.1) is 0 Å². The molecule has 118 valence electrons. The maximum absolute atomic E-state index is 12.3. The van der Waals surface area contributed by atoms with Crippen molar-refractivity contribution in [3.8, 4) is 0 Å². The van der Waals surface area contributed by atoms with Crippen molar-refractivity contribution in [2.45, 2.75) is 45.2 Å². The Labute approximate surface area is 129 Å². The van der Waals surface area contributed by atoms with Crippen molar-refractivity contribution in [3.05, 3.63) is 29.8 Å². The molecule has 2 unspecified atom stereocenters. The molecule has 2 rings (SSSR count). The Balaban J connectivity index is 2.04. The number of amides is 3. The molecule has 1 aliphatic heterocycles. The normalized spacial score (nSPS) is 21.3. The van der Waals surface area contributed by atoms with Crippen LogP contribution in [0.25, 0.3) is 0 Å². The van der Waals surface area contributed by atoms with Crippen molar-refractivity contribution in [3.63, 3.8) is 0 Å². The lowest BCUT2D eigenvalue weighted by molar-refractivity contribution is -0.147. The molecule has 0 aromatic heterocycles. The van der Waals surface area contributed by atoms with E-state index in [1.54, 1.807) is 17.0 Å². The molecule has 1 aliphatic rings. The third-order valence-corrected chi connectivity index (χ3v) is 4.05. The second-order valence-corrected chi connectivity index (χ2v) is 5.74. The largest absolute Gasteiger partial charge is 0.366 e. The number of nitrogens with zero attached hydrogens (tertiary/aromatic N) is 1. The van der Waals surface area contributed by atoms with Crippen molar-refractivity contribution in [1.29, 1.82) is 0 Å². The molecule has 2 atom stereocenters. The molecule has 1 fully saturated rings. The summed E-state index contributed by atoms with van der Waals surface area (Å²) >= 11 is 0. The highest BCUT2D eigenvalue weighted by molar-refractivity contribution is 6.39. The van der Waals surface area contributed by atoms with E-state index >= 15 is 0 Å². The minimum Gasteiger partial charge on any atom is -0.366 e. The SMILES string of the molecule is CC1CCCC(C)N1C(=O)C(=O)Nc1ccc(C(N)=O)cc1. The molecule has 0 spiro atoms. The molecular weight excluding hydrogens is 282 g/mol. The third kappa shape index (κ3) is 3.44. The minimum absolute atomic E-state index is 0.0687. The second-order valence-electron chi connectivity index (χ2n) is 5.74. The maximum atomic E-state index is 12.3. The van der Waals surface area contributed by atoms with Crippen molar-refractivity contribution < 1.29 is 14.4 Å². The van der Waals surface area contributed by atoms with E-state index in [2.05, 4.69) is 5.32 Å². The highest BCUT2D eigenvalue weighted by atomic mass is 16.2. The molecule has 0 bridgehead atoms. The lowest BCUT2D eigenvalue weighted by Crippen LogP contribution is -2.51. The van der Waals surface area contributed by atoms with Gasteiger partial charge < -0.3 is 16.0 Å². The number of nitrogens with two attached hydrogens (primary N) is 1. The average Bonchev–Trinajstić information content (AvgIpc) is 2.47. The molecule has 1 aromatic carbocycles. The van der Waals surface area contributed by atoms with Crippen molar-refractivity contribution in [2.24, 2.45) is 5.73 Å². The number of carbonyl (C=O) groups excluding carboxylic acids is 3. The van der Waals surface area contributed by atoms with Crippen LogP contribution < -0.4 is 11.1 Å². The number of hydrogen-bond donors (Lipinski definition) is 2. The van der Waals surface area contributed by atoms with Gasteiger partial charge in [-0.25, -0.2) is 0 Å². The molecule has 0 aliphatic carbocycles. The van der Waals surface area contributed by atoms with Crippen LogP contribution in [-0.4, -0.2) is 34.7 Å². The first kappa shape index (κ1) is 16.0. The number of anilines is 1. The van der Waals surface area contributed by atoms with E-state index in [1.807, 2.05) is 13.8 Å². The molecule has 3 amide bonds. The van der Waals surface area contributed by atoms with E-state index in [4.69, 9.17) is 5.73 Å². The Hall–Kier alpha value is -2.37. The molecule has 3 N–H and O–H groups in total. The van der Waals surface area contributed by atoms with Gasteiger partial charge in [0, 0.05) is 23.3 Å². The molecule has 1 heterocycles. The molecule has 0 radical (unpaired) electrons. The number of piperidine rings is 1. The number of likely N-dealkylation sites (tertiary alicyclic amines) is 1. The van der Waals surface area contributed by atoms with Gasteiger partial charge in [-0.3, -0.25) is 14.4 Å². The van der Waals surface area contributed by atoms with Crippen LogP contribution in [0.15, 0.2) is 24.3 Å². The Morgan fingerprint density at radius 3 is 2.14 bits per heavy atom. The maximum Gasteiger partial charge on any atom is 0.313 e. The zero-order valence-electron chi connectivity index (χ0n) is 12.8. The number of rotatable bonds is 2. The predicted molar refractivity (Wildman–Crippen MR) is 83.2 cm³/mol. The van der Waals surface area contributed by atoms with E-state index in [0.29, 0.717) is 11.3 Å². The molecule has 6 heteroatoms. The Kier molecular flexibility index (Phi) is 4.80. The van der Waals surface area contributed by atoms with Gasteiger partial charge in [0.15, 0.2) is 0 Å². The quantitative estimate of drug-likeness (QED) is 0.811. The summed E-state index contributed by atoms with van der Waals surface area (Å²) in [5.41, 5.74) is 5.96. The van der Waals surface area contributed by atoms with Gasteiger partial charge in [-0.1, -0.05) is 0 Å². The monoisotopic (exact) mass is 303 g/mol. The molecule has 1 aromatic rings. The lowest BCUT2D eigenvalue weighted by Gasteiger charge is -2.38. The summed E-state index contributed by atoms with van der Waals surface area (Å²) in [7, 11) is 0. The number of primary amides is 1. The lowest BCUT2D eigenvalue weighted by atomic mass is 9.97. The summed E-state index contributed by atoms with van der Waals surface area (Å²) in [6.45, 7) is 3.92. The summed E-state index contributed by atoms with van der Waals surface area (Å²) in [5.74, 6) is -1.71.